The number of alkyl halides is 1. The molecule has 2 rings (SSSR count). The summed E-state index contributed by atoms with van der Waals surface area (Å²) in [7, 11) is 2.02. The largest absolute Gasteiger partial charge is 0.354 e. The Morgan fingerprint density at radius 2 is 2.06 bits per heavy atom. The maximum absolute atomic E-state index is 4.41. The van der Waals surface area contributed by atoms with E-state index in [0.717, 1.165) is 23.4 Å². The molecule has 0 N–H and O–H groups in total. The van der Waals surface area contributed by atoms with Crippen LogP contribution in [0.25, 0.3) is 0 Å². The average molecular weight is 292 g/mol. The van der Waals surface area contributed by atoms with Gasteiger partial charge in [0.15, 0.2) is 0 Å². The summed E-state index contributed by atoms with van der Waals surface area (Å²) in [6, 6.07) is 10.0. The molecule has 0 radical (unpaired) electrons. The molecular weight excluding hydrogens is 278 g/mol. The maximum atomic E-state index is 4.41. The molecule has 0 saturated heterocycles. The first-order valence-electron chi connectivity index (χ1n) is 5.41. The first-order valence-corrected chi connectivity index (χ1v) is 6.53. The zero-order valence-corrected chi connectivity index (χ0v) is 11.3. The van der Waals surface area contributed by atoms with E-state index in [1.165, 1.54) is 5.56 Å². The van der Waals surface area contributed by atoms with Crippen LogP contribution in [0.4, 0.5) is 5.82 Å². The van der Waals surface area contributed by atoms with Crippen LogP contribution in [0.5, 0.6) is 0 Å². The third kappa shape index (κ3) is 3.27. The molecule has 0 aromatic carbocycles. The number of halogens is 1. The van der Waals surface area contributed by atoms with Gasteiger partial charge < -0.3 is 4.90 Å². The highest BCUT2D eigenvalue weighted by molar-refractivity contribution is 9.08. The fraction of sp³-hybridized carbons (Fsp3) is 0.231. The lowest BCUT2D eigenvalue weighted by Gasteiger charge is -2.17. The topological polar surface area (TPSA) is 29.0 Å². The van der Waals surface area contributed by atoms with Crippen LogP contribution in [0, 0.1) is 0 Å². The van der Waals surface area contributed by atoms with Gasteiger partial charge in [0, 0.05) is 24.8 Å². The van der Waals surface area contributed by atoms with Crippen LogP contribution in [0.1, 0.15) is 11.3 Å². The van der Waals surface area contributed by atoms with Gasteiger partial charge in [-0.15, -0.1) is 0 Å². The molecule has 0 saturated carbocycles. The zero-order valence-electron chi connectivity index (χ0n) is 9.68. The van der Waals surface area contributed by atoms with E-state index in [0.29, 0.717) is 0 Å². The van der Waals surface area contributed by atoms with Gasteiger partial charge >= 0.3 is 0 Å². The summed E-state index contributed by atoms with van der Waals surface area (Å²) in [5.41, 5.74) is 2.22. The van der Waals surface area contributed by atoms with Crippen molar-refractivity contribution in [2.24, 2.45) is 0 Å². The number of nitrogens with zero attached hydrogens (tertiary/aromatic N) is 3. The molecule has 0 atom stereocenters. The normalized spacial score (nSPS) is 10.2. The van der Waals surface area contributed by atoms with Gasteiger partial charge in [0.05, 0.1) is 12.2 Å². The predicted octanol–water partition coefficient (Wildman–Crippen LogP) is 3.01. The average Bonchev–Trinajstić information content (AvgIpc) is 2.40. The number of pyridine rings is 2. The standard InChI is InChI=1S/C13H14BrN3/c1-17(10-12-4-2-3-7-15-12)13-6-5-11(8-14)9-16-13/h2-7,9H,8,10H2,1H3. The number of hydrogen-bond donors (Lipinski definition) is 0. The minimum atomic E-state index is 0.765. The molecule has 0 aliphatic carbocycles. The maximum Gasteiger partial charge on any atom is 0.128 e. The van der Waals surface area contributed by atoms with E-state index in [1.54, 1.807) is 0 Å². The summed E-state index contributed by atoms with van der Waals surface area (Å²) in [6.45, 7) is 0.765. The second-order valence-electron chi connectivity index (χ2n) is 3.84. The molecule has 3 nitrogen and oxygen atoms in total. The van der Waals surface area contributed by atoms with Gasteiger partial charge in [-0.3, -0.25) is 4.98 Å². The van der Waals surface area contributed by atoms with E-state index in [1.807, 2.05) is 43.7 Å². The van der Waals surface area contributed by atoms with Gasteiger partial charge in [-0.1, -0.05) is 28.1 Å². The summed E-state index contributed by atoms with van der Waals surface area (Å²) in [4.78, 5) is 10.8. The fourth-order valence-electron chi connectivity index (χ4n) is 1.54. The van der Waals surface area contributed by atoms with Gasteiger partial charge in [0.1, 0.15) is 5.82 Å². The van der Waals surface area contributed by atoms with Gasteiger partial charge in [0.2, 0.25) is 0 Å². The monoisotopic (exact) mass is 291 g/mol. The van der Waals surface area contributed by atoms with Gasteiger partial charge in [-0.05, 0) is 23.8 Å². The lowest BCUT2D eigenvalue weighted by Crippen LogP contribution is -2.18. The zero-order chi connectivity index (χ0) is 12.1. The molecular formula is C13H14BrN3. The third-order valence-corrected chi connectivity index (χ3v) is 3.13. The van der Waals surface area contributed by atoms with Crippen molar-refractivity contribution in [3.8, 4) is 0 Å². The van der Waals surface area contributed by atoms with Crippen molar-refractivity contribution in [3.05, 3.63) is 54.0 Å². The first-order chi connectivity index (χ1) is 8.29. The van der Waals surface area contributed by atoms with Crippen molar-refractivity contribution in [2.75, 3.05) is 11.9 Å². The molecule has 0 spiro atoms. The summed E-state index contributed by atoms with van der Waals surface area (Å²) in [6.07, 6.45) is 3.70. The molecule has 2 heterocycles. The van der Waals surface area contributed by atoms with Gasteiger partial charge in [-0.2, -0.15) is 0 Å². The van der Waals surface area contributed by atoms with Crippen molar-refractivity contribution in [2.45, 2.75) is 11.9 Å². The number of hydrogen-bond acceptors (Lipinski definition) is 3. The Balaban J connectivity index is 2.06. The molecule has 4 heteroatoms. The van der Waals surface area contributed by atoms with Gasteiger partial charge in [0.25, 0.3) is 0 Å². The van der Waals surface area contributed by atoms with E-state index in [9.17, 15) is 0 Å². The fourth-order valence-corrected chi connectivity index (χ4v) is 1.87. The third-order valence-electron chi connectivity index (χ3n) is 2.48. The molecule has 0 fully saturated rings. The summed E-state index contributed by atoms with van der Waals surface area (Å²) in [5.74, 6) is 0.959. The molecule has 0 aliphatic rings. The highest BCUT2D eigenvalue weighted by Crippen LogP contribution is 2.13. The smallest absolute Gasteiger partial charge is 0.128 e. The van der Waals surface area contributed by atoms with Crippen molar-refractivity contribution in [1.82, 2.24) is 9.97 Å². The van der Waals surface area contributed by atoms with Crippen LogP contribution < -0.4 is 4.90 Å². The molecule has 0 amide bonds. The number of anilines is 1. The molecule has 0 aliphatic heterocycles. The Morgan fingerprint density at radius 1 is 1.18 bits per heavy atom. The molecule has 0 unspecified atom stereocenters. The van der Waals surface area contributed by atoms with Crippen molar-refractivity contribution >= 4 is 21.7 Å². The van der Waals surface area contributed by atoms with Crippen LogP contribution in [-0.2, 0) is 11.9 Å². The van der Waals surface area contributed by atoms with Gasteiger partial charge in [-0.25, -0.2) is 4.98 Å². The van der Waals surface area contributed by atoms with Crippen LogP contribution >= 0.6 is 15.9 Å². The molecule has 2 aromatic rings. The highest BCUT2D eigenvalue weighted by atomic mass is 79.9. The van der Waals surface area contributed by atoms with Crippen molar-refractivity contribution in [1.29, 1.82) is 0 Å². The summed E-state index contributed by atoms with van der Waals surface area (Å²) >= 11 is 3.41. The SMILES string of the molecule is CN(Cc1ccccn1)c1ccc(CBr)cn1. The number of aromatic nitrogens is 2. The van der Waals surface area contributed by atoms with E-state index in [-0.39, 0.29) is 0 Å². The minimum Gasteiger partial charge on any atom is -0.354 e. The predicted molar refractivity (Wildman–Crippen MR) is 73.2 cm³/mol. The van der Waals surface area contributed by atoms with Crippen LogP contribution in [-0.4, -0.2) is 17.0 Å². The second kappa shape index (κ2) is 5.77. The lowest BCUT2D eigenvalue weighted by molar-refractivity contribution is 0.865. The van der Waals surface area contributed by atoms with E-state index in [4.69, 9.17) is 0 Å². The van der Waals surface area contributed by atoms with E-state index < -0.39 is 0 Å². The Labute approximate surface area is 110 Å². The second-order valence-corrected chi connectivity index (χ2v) is 4.40. The molecule has 0 bridgehead atoms. The van der Waals surface area contributed by atoms with E-state index in [2.05, 4.69) is 36.9 Å². The van der Waals surface area contributed by atoms with Crippen molar-refractivity contribution < 1.29 is 0 Å². The van der Waals surface area contributed by atoms with Crippen molar-refractivity contribution in [3.63, 3.8) is 0 Å². The lowest BCUT2D eigenvalue weighted by atomic mass is 10.3. The molecule has 17 heavy (non-hydrogen) atoms. The number of rotatable bonds is 4. The summed E-state index contributed by atoms with van der Waals surface area (Å²) < 4.78 is 0. The van der Waals surface area contributed by atoms with E-state index >= 15 is 0 Å². The Kier molecular flexibility index (Phi) is 4.09. The first kappa shape index (κ1) is 12.0. The molecule has 2 aromatic heterocycles. The molecule has 88 valence electrons. The quantitative estimate of drug-likeness (QED) is 0.811. The summed E-state index contributed by atoms with van der Waals surface area (Å²) in [5, 5.41) is 0.838. The highest BCUT2D eigenvalue weighted by Gasteiger charge is 2.03. The van der Waals surface area contributed by atoms with Crippen LogP contribution in [0.3, 0.4) is 0 Å². The Hall–Kier alpha value is -1.42. The minimum absolute atomic E-state index is 0.765. The Bertz CT molecular complexity index is 456. The van der Waals surface area contributed by atoms with Crippen LogP contribution in [0.15, 0.2) is 42.7 Å². The van der Waals surface area contributed by atoms with Crippen LogP contribution in [0.2, 0.25) is 0 Å². The Morgan fingerprint density at radius 3 is 2.65 bits per heavy atom.